The normalized spacial score (nSPS) is 13.9. The summed E-state index contributed by atoms with van der Waals surface area (Å²) >= 11 is 0. The first-order valence-corrected chi connectivity index (χ1v) is 8.75. The minimum absolute atomic E-state index is 0.0746. The first-order chi connectivity index (χ1) is 13.8. The van der Waals surface area contributed by atoms with Gasteiger partial charge in [-0.25, -0.2) is 0 Å². The molecule has 1 amide bonds. The van der Waals surface area contributed by atoms with Crippen molar-refractivity contribution >= 4 is 28.9 Å². The Balaban J connectivity index is 1.71. The van der Waals surface area contributed by atoms with Crippen LogP contribution in [0.25, 0.3) is 0 Å². The molecule has 0 atom stereocenters. The van der Waals surface area contributed by atoms with Crippen molar-refractivity contribution in [1.29, 1.82) is 0 Å². The maximum Gasteiger partial charge on any atom is 0.277 e. The molecule has 12 nitrogen and oxygen atoms in total. The predicted octanol–water partition coefficient (Wildman–Crippen LogP) is 1.32. The van der Waals surface area contributed by atoms with Gasteiger partial charge < -0.3 is 14.7 Å². The highest BCUT2D eigenvalue weighted by atomic mass is 16.6. The summed E-state index contributed by atoms with van der Waals surface area (Å²) in [5.74, 6) is 0.939. The zero-order valence-electron chi connectivity index (χ0n) is 15.9. The number of amides is 1. The van der Waals surface area contributed by atoms with Gasteiger partial charge in [-0.3, -0.25) is 25.0 Å². The Morgan fingerprint density at radius 2 is 1.55 bits per heavy atom. The SMILES string of the molecule is CN(C)c1ccc(N2CCN(C(=O)c3cc([N+](=O)[O-])cc([N+](=O)[O-])c3)CC2)nn1. The number of carbonyl (C=O) groups is 1. The van der Waals surface area contributed by atoms with Crippen LogP contribution in [0.15, 0.2) is 30.3 Å². The number of piperazine rings is 1. The highest BCUT2D eigenvalue weighted by Gasteiger charge is 2.26. The molecule has 3 rings (SSSR count). The third-order valence-electron chi connectivity index (χ3n) is 4.56. The van der Waals surface area contributed by atoms with Crippen LogP contribution in [0.4, 0.5) is 23.0 Å². The summed E-state index contributed by atoms with van der Waals surface area (Å²) in [6.07, 6.45) is 0. The zero-order valence-corrected chi connectivity index (χ0v) is 15.9. The molecular formula is C17H19N7O5. The van der Waals surface area contributed by atoms with Crippen LogP contribution in [0.3, 0.4) is 0 Å². The molecule has 2 heterocycles. The van der Waals surface area contributed by atoms with Gasteiger partial charge >= 0.3 is 0 Å². The minimum atomic E-state index is -0.752. The van der Waals surface area contributed by atoms with E-state index in [1.54, 1.807) is 0 Å². The summed E-state index contributed by atoms with van der Waals surface area (Å²) in [5, 5.41) is 30.4. The maximum absolute atomic E-state index is 12.7. The van der Waals surface area contributed by atoms with Crippen molar-refractivity contribution in [3.8, 4) is 0 Å². The molecule has 2 aromatic rings. The fraction of sp³-hybridized carbons (Fsp3) is 0.353. The van der Waals surface area contributed by atoms with Crippen molar-refractivity contribution < 1.29 is 14.6 Å². The van der Waals surface area contributed by atoms with Gasteiger partial charge in [-0.15, -0.1) is 10.2 Å². The summed E-state index contributed by atoms with van der Waals surface area (Å²) in [4.78, 5) is 38.6. The smallest absolute Gasteiger partial charge is 0.277 e. The first kappa shape index (κ1) is 19.9. The summed E-state index contributed by atoms with van der Waals surface area (Å²) < 4.78 is 0. The number of anilines is 2. The van der Waals surface area contributed by atoms with Crippen LogP contribution in [0, 0.1) is 20.2 Å². The number of aromatic nitrogens is 2. The molecule has 0 aliphatic carbocycles. The molecule has 1 aromatic carbocycles. The van der Waals surface area contributed by atoms with Crippen molar-refractivity contribution in [1.82, 2.24) is 15.1 Å². The molecule has 0 N–H and O–H groups in total. The molecule has 0 unspecified atom stereocenters. The van der Waals surface area contributed by atoms with Crippen LogP contribution >= 0.6 is 0 Å². The van der Waals surface area contributed by atoms with E-state index < -0.39 is 27.1 Å². The summed E-state index contributed by atoms with van der Waals surface area (Å²) in [6, 6.07) is 6.66. The van der Waals surface area contributed by atoms with Crippen molar-refractivity contribution in [2.45, 2.75) is 0 Å². The van der Waals surface area contributed by atoms with Gasteiger partial charge in [0.1, 0.15) is 0 Å². The molecule has 1 aliphatic heterocycles. The second-order valence-electron chi connectivity index (χ2n) is 6.68. The third-order valence-corrected chi connectivity index (χ3v) is 4.56. The molecule has 0 radical (unpaired) electrons. The highest BCUT2D eigenvalue weighted by Crippen LogP contribution is 2.24. The Morgan fingerprint density at radius 1 is 0.966 bits per heavy atom. The molecule has 0 saturated carbocycles. The number of nitro groups is 2. The van der Waals surface area contributed by atoms with Gasteiger partial charge in [-0.2, -0.15) is 0 Å². The number of hydrogen-bond acceptors (Lipinski definition) is 9. The second-order valence-corrected chi connectivity index (χ2v) is 6.68. The fourth-order valence-electron chi connectivity index (χ4n) is 2.98. The molecule has 12 heteroatoms. The van der Waals surface area contributed by atoms with Crippen molar-refractivity contribution in [3.05, 3.63) is 56.1 Å². The quantitative estimate of drug-likeness (QED) is 0.536. The molecule has 1 aliphatic rings. The van der Waals surface area contributed by atoms with Crippen molar-refractivity contribution in [3.63, 3.8) is 0 Å². The average molecular weight is 401 g/mol. The Kier molecular flexibility index (Phi) is 5.52. The first-order valence-electron chi connectivity index (χ1n) is 8.75. The molecule has 1 saturated heterocycles. The Morgan fingerprint density at radius 3 is 2.00 bits per heavy atom. The van der Waals surface area contributed by atoms with E-state index in [0.717, 1.165) is 24.0 Å². The van der Waals surface area contributed by atoms with Gasteiger partial charge in [0, 0.05) is 52.4 Å². The van der Waals surface area contributed by atoms with Crippen LogP contribution < -0.4 is 9.80 Å². The van der Waals surface area contributed by atoms with Crippen molar-refractivity contribution in [2.75, 3.05) is 50.1 Å². The molecule has 1 aromatic heterocycles. The van der Waals surface area contributed by atoms with E-state index in [0.29, 0.717) is 32.0 Å². The van der Waals surface area contributed by atoms with Crippen molar-refractivity contribution in [2.24, 2.45) is 0 Å². The van der Waals surface area contributed by atoms with Crippen LogP contribution in [0.5, 0.6) is 0 Å². The second kappa shape index (κ2) is 8.04. The van der Waals surface area contributed by atoms with E-state index >= 15 is 0 Å². The maximum atomic E-state index is 12.7. The number of hydrogen-bond donors (Lipinski definition) is 0. The predicted molar refractivity (Wildman–Crippen MR) is 104 cm³/mol. The van der Waals surface area contributed by atoms with Crippen LogP contribution in [-0.4, -0.2) is 71.1 Å². The van der Waals surface area contributed by atoms with E-state index in [2.05, 4.69) is 10.2 Å². The molecular weight excluding hydrogens is 382 g/mol. The highest BCUT2D eigenvalue weighted by molar-refractivity contribution is 5.95. The lowest BCUT2D eigenvalue weighted by Gasteiger charge is -2.35. The third kappa shape index (κ3) is 4.36. The Bertz CT molecular complexity index is 907. The monoisotopic (exact) mass is 401 g/mol. The van der Waals surface area contributed by atoms with E-state index in [1.807, 2.05) is 36.0 Å². The molecule has 0 bridgehead atoms. The van der Waals surface area contributed by atoms with Gasteiger partial charge in [-0.1, -0.05) is 0 Å². The zero-order chi connectivity index (χ0) is 21.1. The topological polar surface area (TPSA) is 139 Å². The van der Waals surface area contributed by atoms with Gasteiger partial charge in [0.25, 0.3) is 17.3 Å². The number of rotatable bonds is 5. The van der Waals surface area contributed by atoms with Gasteiger partial charge in [0.15, 0.2) is 11.6 Å². The lowest BCUT2D eigenvalue weighted by molar-refractivity contribution is -0.394. The van der Waals surface area contributed by atoms with Crippen LogP contribution in [0.1, 0.15) is 10.4 Å². The summed E-state index contributed by atoms with van der Waals surface area (Å²) in [6.45, 7) is 1.70. The standard InChI is InChI=1S/C17H19N7O5/c1-20(2)15-3-4-16(19-18-15)21-5-7-22(8-6-21)17(25)12-9-13(23(26)27)11-14(10-12)24(28)29/h3-4,9-11H,5-8H2,1-2H3. The number of nitrogens with zero attached hydrogens (tertiary/aromatic N) is 7. The molecule has 0 spiro atoms. The molecule has 29 heavy (non-hydrogen) atoms. The Labute approximate surface area is 165 Å². The summed E-state index contributed by atoms with van der Waals surface area (Å²) in [7, 11) is 3.73. The fourth-order valence-corrected chi connectivity index (χ4v) is 2.98. The number of carbonyl (C=O) groups excluding carboxylic acids is 1. The van der Waals surface area contributed by atoms with Crippen LogP contribution in [0.2, 0.25) is 0 Å². The lowest BCUT2D eigenvalue weighted by atomic mass is 10.1. The van der Waals surface area contributed by atoms with Gasteiger partial charge in [0.05, 0.1) is 21.5 Å². The molecule has 1 fully saturated rings. The largest absolute Gasteiger partial charge is 0.361 e. The van der Waals surface area contributed by atoms with E-state index in [9.17, 15) is 25.0 Å². The lowest BCUT2D eigenvalue weighted by Crippen LogP contribution is -2.49. The van der Waals surface area contributed by atoms with Gasteiger partial charge in [0.2, 0.25) is 0 Å². The minimum Gasteiger partial charge on any atom is -0.361 e. The average Bonchev–Trinajstić information content (AvgIpc) is 2.73. The van der Waals surface area contributed by atoms with E-state index in [1.165, 1.54) is 4.90 Å². The molecule has 152 valence electrons. The van der Waals surface area contributed by atoms with Crippen LogP contribution in [-0.2, 0) is 0 Å². The number of non-ortho nitro benzene ring substituents is 2. The van der Waals surface area contributed by atoms with Gasteiger partial charge in [-0.05, 0) is 12.1 Å². The Hall–Kier alpha value is -3.83. The number of benzene rings is 1. The number of nitro benzene ring substituents is 2. The summed E-state index contributed by atoms with van der Waals surface area (Å²) in [5.41, 5.74) is -1.05. The van der Waals surface area contributed by atoms with E-state index in [4.69, 9.17) is 0 Å². The van der Waals surface area contributed by atoms with E-state index in [-0.39, 0.29) is 5.56 Å².